The van der Waals surface area contributed by atoms with Crippen LogP contribution in [0.5, 0.6) is 23.0 Å². The van der Waals surface area contributed by atoms with Crippen LogP contribution in [-0.4, -0.2) is 32.3 Å². The minimum atomic E-state index is -1.01. The fourth-order valence-electron chi connectivity index (χ4n) is 4.56. The largest absolute Gasteiger partial charge is 0.497 e. The molecule has 4 aromatic rings. The minimum Gasteiger partial charge on any atom is -0.497 e. The molecule has 8 heteroatoms. The van der Waals surface area contributed by atoms with Gasteiger partial charge in [0.15, 0.2) is 17.6 Å². The molecule has 0 saturated heterocycles. The average Bonchev–Trinajstić information content (AvgIpc) is 3.31. The van der Waals surface area contributed by atoms with Gasteiger partial charge in [-0.15, -0.1) is 0 Å². The number of fused-ring (bicyclic) bond motifs is 4. The van der Waals surface area contributed by atoms with Gasteiger partial charge in [0.1, 0.15) is 30.3 Å². The zero-order valence-electron chi connectivity index (χ0n) is 18.8. The van der Waals surface area contributed by atoms with E-state index in [-0.39, 0.29) is 0 Å². The van der Waals surface area contributed by atoms with Crippen molar-refractivity contribution in [1.82, 2.24) is 0 Å². The summed E-state index contributed by atoms with van der Waals surface area (Å²) in [5.41, 5.74) is 1.42. The van der Waals surface area contributed by atoms with Gasteiger partial charge in [-0.25, -0.2) is 4.79 Å². The van der Waals surface area contributed by atoms with Crippen LogP contribution < -0.4 is 29.9 Å². The fourth-order valence-corrected chi connectivity index (χ4v) is 4.56. The van der Waals surface area contributed by atoms with Gasteiger partial charge < -0.3 is 28.7 Å². The van der Waals surface area contributed by atoms with E-state index in [0.29, 0.717) is 64.0 Å². The molecule has 1 N–H and O–H groups in total. The van der Waals surface area contributed by atoms with Crippen LogP contribution in [0, 0.1) is 0 Å². The standard InChI is InChI=1S/C27H21NO7/c1-31-17-9-7-16(8-10-17)28-26(29)25-22(15-6-11-20-21(14-15)33-13-12-32-20)23-24(35-25)18-4-2-3-5-19(18)34-27(23)30/h2-11,14,22,25H,12-13H2,1H3,(H,28,29)/t22-,25-/m1/s1. The second-order valence-electron chi connectivity index (χ2n) is 8.27. The predicted octanol–water partition coefficient (Wildman–Crippen LogP) is 4.10. The highest BCUT2D eigenvalue weighted by molar-refractivity contribution is 5.97. The first-order chi connectivity index (χ1) is 17.1. The predicted molar refractivity (Wildman–Crippen MR) is 128 cm³/mol. The van der Waals surface area contributed by atoms with Crippen LogP contribution in [0.25, 0.3) is 11.0 Å². The van der Waals surface area contributed by atoms with Crippen molar-refractivity contribution in [2.45, 2.75) is 12.0 Å². The number of carbonyl (C=O) groups excluding carboxylic acids is 1. The van der Waals surface area contributed by atoms with Crippen LogP contribution in [0.15, 0.2) is 75.9 Å². The van der Waals surface area contributed by atoms with E-state index < -0.39 is 23.6 Å². The van der Waals surface area contributed by atoms with Gasteiger partial charge in [0.05, 0.1) is 24.0 Å². The number of ether oxygens (including phenoxy) is 4. The molecule has 3 aromatic carbocycles. The number of rotatable bonds is 4. The molecule has 0 unspecified atom stereocenters. The van der Waals surface area contributed by atoms with Crippen molar-refractivity contribution in [3.63, 3.8) is 0 Å². The van der Waals surface area contributed by atoms with Gasteiger partial charge in [-0.3, -0.25) is 4.79 Å². The summed E-state index contributed by atoms with van der Waals surface area (Å²) in [7, 11) is 1.57. The highest BCUT2D eigenvalue weighted by atomic mass is 16.6. The maximum absolute atomic E-state index is 13.5. The summed E-state index contributed by atoms with van der Waals surface area (Å²) in [6.07, 6.45) is -1.01. The molecule has 2 aliphatic heterocycles. The van der Waals surface area contributed by atoms with Crippen molar-refractivity contribution < 1.29 is 28.2 Å². The number of carbonyl (C=O) groups is 1. The highest BCUT2D eigenvalue weighted by Gasteiger charge is 2.44. The van der Waals surface area contributed by atoms with Crippen molar-refractivity contribution in [2.24, 2.45) is 0 Å². The van der Waals surface area contributed by atoms with Crippen LogP contribution in [0.3, 0.4) is 0 Å². The molecule has 176 valence electrons. The van der Waals surface area contributed by atoms with Crippen LogP contribution in [0.2, 0.25) is 0 Å². The van der Waals surface area contributed by atoms with Crippen LogP contribution in [0.4, 0.5) is 5.69 Å². The summed E-state index contributed by atoms with van der Waals surface area (Å²) < 4.78 is 28.4. The Morgan fingerprint density at radius 1 is 0.971 bits per heavy atom. The maximum Gasteiger partial charge on any atom is 0.344 e. The van der Waals surface area contributed by atoms with Crippen LogP contribution in [0.1, 0.15) is 17.0 Å². The third kappa shape index (κ3) is 3.63. The van der Waals surface area contributed by atoms with Gasteiger partial charge in [-0.1, -0.05) is 18.2 Å². The van der Waals surface area contributed by atoms with Crippen molar-refractivity contribution in [1.29, 1.82) is 0 Å². The Hall–Kier alpha value is -4.46. The number of hydrogen-bond donors (Lipinski definition) is 1. The van der Waals surface area contributed by atoms with Crippen molar-refractivity contribution in [2.75, 3.05) is 25.6 Å². The molecule has 8 nitrogen and oxygen atoms in total. The molecule has 0 aliphatic carbocycles. The number of methoxy groups -OCH3 is 1. The van der Waals surface area contributed by atoms with Crippen molar-refractivity contribution in [3.05, 3.63) is 88.3 Å². The Kier molecular flexibility index (Phi) is 5.06. The SMILES string of the molecule is COc1ccc(NC(=O)[C@@H]2Oc3c(c(=O)oc4ccccc34)[C@H]2c2ccc3c(c2)OCCO3)cc1. The molecule has 0 radical (unpaired) electrons. The molecule has 6 rings (SSSR count). The summed E-state index contributed by atoms with van der Waals surface area (Å²) in [5, 5.41) is 3.52. The molecule has 1 amide bonds. The number of anilines is 1. The Labute approximate surface area is 200 Å². The van der Waals surface area contributed by atoms with Gasteiger partial charge in [0.2, 0.25) is 0 Å². The molecule has 2 aliphatic rings. The van der Waals surface area contributed by atoms with E-state index in [2.05, 4.69) is 5.32 Å². The lowest BCUT2D eigenvalue weighted by atomic mass is 9.88. The number of amides is 1. The van der Waals surface area contributed by atoms with E-state index in [4.69, 9.17) is 23.4 Å². The summed E-state index contributed by atoms with van der Waals surface area (Å²) in [5.74, 6) is 1.10. The summed E-state index contributed by atoms with van der Waals surface area (Å²) in [6, 6.07) is 19.5. The van der Waals surface area contributed by atoms with E-state index in [9.17, 15) is 9.59 Å². The third-order valence-corrected chi connectivity index (χ3v) is 6.20. The lowest BCUT2D eigenvalue weighted by Gasteiger charge is -2.22. The number of benzene rings is 3. The number of nitrogens with one attached hydrogen (secondary N) is 1. The number of para-hydroxylation sites is 1. The lowest BCUT2D eigenvalue weighted by molar-refractivity contribution is -0.122. The fraction of sp³-hybridized carbons (Fsp3) is 0.185. The van der Waals surface area contributed by atoms with Crippen LogP contribution >= 0.6 is 0 Å². The number of hydrogen-bond acceptors (Lipinski definition) is 7. The molecule has 0 bridgehead atoms. The van der Waals surface area contributed by atoms with Gasteiger partial charge >= 0.3 is 5.63 Å². The first kappa shape index (κ1) is 21.1. The second kappa shape index (κ2) is 8.39. The van der Waals surface area contributed by atoms with E-state index >= 15 is 0 Å². The summed E-state index contributed by atoms with van der Waals surface area (Å²) in [6.45, 7) is 0.882. The molecule has 0 spiro atoms. The summed E-state index contributed by atoms with van der Waals surface area (Å²) >= 11 is 0. The average molecular weight is 471 g/mol. The minimum absolute atomic E-state index is 0.301. The van der Waals surface area contributed by atoms with E-state index in [1.54, 1.807) is 55.6 Å². The highest BCUT2D eigenvalue weighted by Crippen LogP contribution is 2.46. The zero-order chi connectivity index (χ0) is 23.9. The monoisotopic (exact) mass is 471 g/mol. The van der Waals surface area contributed by atoms with Crippen molar-refractivity contribution >= 4 is 22.6 Å². The van der Waals surface area contributed by atoms with Gasteiger partial charge in [-0.2, -0.15) is 0 Å². The first-order valence-electron chi connectivity index (χ1n) is 11.2. The summed E-state index contributed by atoms with van der Waals surface area (Å²) in [4.78, 5) is 26.6. The van der Waals surface area contributed by atoms with E-state index in [1.165, 1.54) is 0 Å². The van der Waals surface area contributed by atoms with Crippen LogP contribution in [-0.2, 0) is 4.79 Å². The Balaban J connectivity index is 1.45. The Morgan fingerprint density at radius 2 is 1.74 bits per heavy atom. The second-order valence-corrected chi connectivity index (χ2v) is 8.27. The van der Waals surface area contributed by atoms with Gasteiger partial charge in [-0.05, 0) is 54.1 Å². The molecule has 35 heavy (non-hydrogen) atoms. The molecule has 1 aromatic heterocycles. The molecule has 0 saturated carbocycles. The lowest BCUT2D eigenvalue weighted by Crippen LogP contribution is -2.35. The maximum atomic E-state index is 13.5. The van der Waals surface area contributed by atoms with E-state index in [0.717, 1.165) is 0 Å². The van der Waals surface area contributed by atoms with Gasteiger partial charge in [0.25, 0.3) is 5.91 Å². The normalized spacial score (nSPS) is 18.0. The topological polar surface area (TPSA) is 96.2 Å². The molecule has 3 heterocycles. The first-order valence-corrected chi connectivity index (χ1v) is 11.2. The van der Waals surface area contributed by atoms with E-state index in [1.807, 2.05) is 18.2 Å². The zero-order valence-corrected chi connectivity index (χ0v) is 18.8. The molecular formula is C27H21NO7. The van der Waals surface area contributed by atoms with Crippen molar-refractivity contribution in [3.8, 4) is 23.0 Å². The molecule has 2 atom stereocenters. The smallest absolute Gasteiger partial charge is 0.344 e. The van der Waals surface area contributed by atoms with Gasteiger partial charge in [0, 0.05) is 5.69 Å². The third-order valence-electron chi connectivity index (χ3n) is 6.20. The molecule has 0 fully saturated rings. The Bertz CT molecular complexity index is 1490. The quantitative estimate of drug-likeness (QED) is 0.448. The molecular weight excluding hydrogens is 450 g/mol. The Morgan fingerprint density at radius 3 is 2.54 bits per heavy atom.